The van der Waals surface area contributed by atoms with Gasteiger partial charge in [-0.3, -0.25) is 9.69 Å². The van der Waals surface area contributed by atoms with Crippen molar-refractivity contribution in [2.75, 3.05) is 32.0 Å². The molecule has 2 rings (SSSR count). The summed E-state index contributed by atoms with van der Waals surface area (Å²) < 4.78 is 5.50. The van der Waals surface area contributed by atoms with Gasteiger partial charge in [0.15, 0.2) is 0 Å². The third kappa shape index (κ3) is 5.63. The van der Waals surface area contributed by atoms with Crippen LogP contribution in [0.15, 0.2) is 24.3 Å². The van der Waals surface area contributed by atoms with Gasteiger partial charge in [0.1, 0.15) is 5.75 Å². The Bertz CT molecular complexity index is 461. The Morgan fingerprint density at radius 2 is 2.29 bits per heavy atom. The first kappa shape index (κ1) is 15.6. The van der Waals surface area contributed by atoms with Crippen molar-refractivity contribution in [3.63, 3.8) is 0 Å². The zero-order valence-electron chi connectivity index (χ0n) is 12.7. The summed E-state index contributed by atoms with van der Waals surface area (Å²) in [4.78, 5) is 14.1. The number of nitrogens with zero attached hydrogens (tertiary/aromatic N) is 1. The van der Waals surface area contributed by atoms with Gasteiger partial charge in [-0.25, -0.2) is 0 Å². The molecular formula is C16H25N3O2. The van der Waals surface area contributed by atoms with E-state index in [1.165, 1.54) is 12.8 Å². The maximum atomic E-state index is 11.7. The molecule has 0 saturated heterocycles. The fourth-order valence-corrected chi connectivity index (χ4v) is 2.33. The molecular weight excluding hydrogens is 266 g/mol. The average molecular weight is 291 g/mol. The quantitative estimate of drug-likeness (QED) is 0.679. The maximum absolute atomic E-state index is 11.7. The lowest BCUT2D eigenvalue weighted by atomic mass is 10.3. The first-order valence-electron chi connectivity index (χ1n) is 7.68. The summed E-state index contributed by atoms with van der Waals surface area (Å²) in [6.45, 7) is 5.23. The minimum absolute atomic E-state index is 0.0331. The number of hydrogen-bond acceptors (Lipinski definition) is 4. The van der Waals surface area contributed by atoms with Gasteiger partial charge in [-0.2, -0.15) is 0 Å². The second kappa shape index (κ2) is 7.88. The molecule has 3 N–H and O–H groups in total. The minimum Gasteiger partial charge on any atom is -0.493 e. The molecule has 1 amide bonds. The topological polar surface area (TPSA) is 67.6 Å². The number of benzene rings is 1. The minimum atomic E-state index is 0.0331. The van der Waals surface area contributed by atoms with E-state index in [0.717, 1.165) is 19.1 Å². The number of nitrogens with two attached hydrogens (primary N) is 1. The molecule has 1 aromatic carbocycles. The Labute approximate surface area is 126 Å². The maximum Gasteiger partial charge on any atom is 0.223 e. The smallest absolute Gasteiger partial charge is 0.223 e. The van der Waals surface area contributed by atoms with Crippen LogP contribution < -0.4 is 15.8 Å². The fraction of sp³-hybridized carbons (Fsp3) is 0.562. The number of anilines is 1. The largest absolute Gasteiger partial charge is 0.493 e. The summed E-state index contributed by atoms with van der Waals surface area (Å²) >= 11 is 0. The molecule has 1 aromatic rings. The van der Waals surface area contributed by atoms with E-state index in [0.29, 0.717) is 31.0 Å². The zero-order valence-corrected chi connectivity index (χ0v) is 12.7. The SMILES string of the molecule is CCN(CCNC(=O)CCOc1cccc(N)c1)C1CC1. The molecule has 0 bridgehead atoms. The van der Waals surface area contributed by atoms with Crippen molar-refractivity contribution in [2.24, 2.45) is 0 Å². The van der Waals surface area contributed by atoms with Gasteiger partial charge in [0.05, 0.1) is 13.0 Å². The Morgan fingerprint density at radius 3 is 2.95 bits per heavy atom. The summed E-state index contributed by atoms with van der Waals surface area (Å²) in [5.41, 5.74) is 6.33. The highest BCUT2D eigenvalue weighted by Crippen LogP contribution is 2.25. The Kier molecular flexibility index (Phi) is 5.87. The van der Waals surface area contributed by atoms with Crippen molar-refractivity contribution < 1.29 is 9.53 Å². The van der Waals surface area contributed by atoms with Crippen LogP contribution in [0.5, 0.6) is 5.75 Å². The van der Waals surface area contributed by atoms with E-state index in [1.807, 2.05) is 12.1 Å². The van der Waals surface area contributed by atoms with Crippen molar-refractivity contribution in [3.05, 3.63) is 24.3 Å². The summed E-state index contributed by atoms with van der Waals surface area (Å²) in [6, 6.07) is 7.98. The van der Waals surface area contributed by atoms with Crippen molar-refractivity contribution >= 4 is 11.6 Å². The summed E-state index contributed by atoms with van der Waals surface area (Å²) in [6.07, 6.45) is 2.97. The van der Waals surface area contributed by atoms with E-state index >= 15 is 0 Å². The number of amides is 1. The molecule has 1 fully saturated rings. The van der Waals surface area contributed by atoms with Crippen molar-refractivity contribution in [1.29, 1.82) is 0 Å². The number of ether oxygens (including phenoxy) is 1. The standard InChI is InChI=1S/C16H25N3O2/c1-2-19(14-6-7-14)10-9-18-16(20)8-11-21-15-5-3-4-13(17)12-15/h3-5,12,14H,2,6-11,17H2,1H3,(H,18,20). The Morgan fingerprint density at radius 1 is 1.48 bits per heavy atom. The zero-order chi connectivity index (χ0) is 15.1. The summed E-state index contributed by atoms with van der Waals surface area (Å²) in [5.74, 6) is 0.736. The molecule has 0 heterocycles. The number of carbonyl (C=O) groups excluding carboxylic acids is 1. The third-order valence-corrected chi connectivity index (χ3v) is 3.65. The molecule has 1 aliphatic carbocycles. The predicted octanol–water partition coefficient (Wildman–Crippen LogP) is 1.64. The molecule has 116 valence electrons. The van der Waals surface area contributed by atoms with Crippen LogP contribution in [0.25, 0.3) is 0 Å². The molecule has 0 aromatic heterocycles. The number of nitrogen functional groups attached to an aromatic ring is 1. The van der Waals surface area contributed by atoms with Crippen LogP contribution in [0.2, 0.25) is 0 Å². The first-order chi connectivity index (χ1) is 10.2. The monoisotopic (exact) mass is 291 g/mol. The molecule has 0 radical (unpaired) electrons. The van der Waals surface area contributed by atoms with Crippen molar-refractivity contribution in [1.82, 2.24) is 10.2 Å². The van der Waals surface area contributed by atoms with Gasteiger partial charge in [-0.1, -0.05) is 13.0 Å². The van der Waals surface area contributed by atoms with Gasteiger partial charge < -0.3 is 15.8 Å². The number of rotatable bonds is 9. The third-order valence-electron chi connectivity index (χ3n) is 3.65. The number of carbonyl (C=O) groups is 1. The molecule has 0 aliphatic heterocycles. The van der Waals surface area contributed by atoms with Gasteiger partial charge in [-0.05, 0) is 31.5 Å². The van der Waals surface area contributed by atoms with E-state index in [1.54, 1.807) is 12.1 Å². The van der Waals surface area contributed by atoms with Gasteiger partial charge in [0, 0.05) is 30.9 Å². The first-order valence-corrected chi connectivity index (χ1v) is 7.68. The van der Waals surface area contributed by atoms with Crippen molar-refractivity contribution in [2.45, 2.75) is 32.2 Å². The highest BCUT2D eigenvalue weighted by atomic mass is 16.5. The van der Waals surface area contributed by atoms with E-state index in [-0.39, 0.29) is 5.91 Å². The summed E-state index contributed by atoms with van der Waals surface area (Å²) in [5, 5.41) is 2.94. The van der Waals surface area contributed by atoms with Crippen LogP contribution in [0.4, 0.5) is 5.69 Å². The second-order valence-electron chi connectivity index (χ2n) is 5.38. The molecule has 0 unspecified atom stereocenters. The number of hydrogen-bond donors (Lipinski definition) is 2. The van der Waals surface area contributed by atoms with Crippen LogP contribution in [0.1, 0.15) is 26.2 Å². The van der Waals surface area contributed by atoms with Gasteiger partial charge >= 0.3 is 0 Å². The Hall–Kier alpha value is -1.75. The van der Waals surface area contributed by atoms with Crippen LogP contribution in [-0.4, -0.2) is 43.1 Å². The highest BCUT2D eigenvalue weighted by molar-refractivity contribution is 5.75. The predicted molar refractivity (Wildman–Crippen MR) is 84.2 cm³/mol. The fourth-order valence-electron chi connectivity index (χ4n) is 2.33. The van der Waals surface area contributed by atoms with Crippen LogP contribution in [0.3, 0.4) is 0 Å². The number of nitrogens with one attached hydrogen (secondary N) is 1. The van der Waals surface area contributed by atoms with Gasteiger partial charge in [0.2, 0.25) is 5.91 Å². The van der Waals surface area contributed by atoms with Crippen molar-refractivity contribution in [3.8, 4) is 5.75 Å². The number of likely N-dealkylation sites (N-methyl/N-ethyl adjacent to an activating group) is 1. The van der Waals surface area contributed by atoms with Crippen LogP contribution in [-0.2, 0) is 4.79 Å². The van der Waals surface area contributed by atoms with Gasteiger partial charge in [-0.15, -0.1) is 0 Å². The average Bonchev–Trinajstić information content (AvgIpc) is 3.28. The lowest BCUT2D eigenvalue weighted by Gasteiger charge is -2.19. The highest BCUT2D eigenvalue weighted by Gasteiger charge is 2.27. The second-order valence-corrected chi connectivity index (χ2v) is 5.38. The van der Waals surface area contributed by atoms with Crippen LogP contribution in [0, 0.1) is 0 Å². The molecule has 21 heavy (non-hydrogen) atoms. The van der Waals surface area contributed by atoms with Gasteiger partial charge in [0.25, 0.3) is 0 Å². The summed E-state index contributed by atoms with van der Waals surface area (Å²) in [7, 11) is 0. The van der Waals surface area contributed by atoms with Crippen LogP contribution >= 0.6 is 0 Å². The lowest BCUT2D eigenvalue weighted by Crippen LogP contribution is -2.36. The van der Waals surface area contributed by atoms with E-state index in [9.17, 15) is 4.79 Å². The molecule has 0 atom stereocenters. The Balaban J connectivity index is 1.57. The van der Waals surface area contributed by atoms with E-state index in [4.69, 9.17) is 10.5 Å². The van der Waals surface area contributed by atoms with E-state index < -0.39 is 0 Å². The molecule has 5 heteroatoms. The lowest BCUT2D eigenvalue weighted by molar-refractivity contribution is -0.121. The molecule has 0 spiro atoms. The molecule has 5 nitrogen and oxygen atoms in total. The molecule has 1 saturated carbocycles. The van der Waals surface area contributed by atoms with E-state index in [2.05, 4.69) is 17.1 Å². The normalized spacial score (nSPS) is 14.2. The molecule has 1 aliphatic rings.